The highest BCUT2D eigenvalue weighted by Crippen LogP contribution is 2.39. The van der Waals surface area contributed by atoms with Crippen molar-refractivity contribution in [2.45, 2.75) is 45.8 Å². The summed E-state index contributed by atoms with van der Waals surface area (Å²) in [6, 6.07) is 4.40. The van der Waals surface area contributed by atoms with Crippen molar-refractivity contribution in [2.75, 3.05) is 0 Å². The van der Waals surface area contributed by atoms with Gasteiger partial charge in [-0.25, -0.2) is 8.78 Å². The van der Waals surface area contributed by atoms with Gasteiger partial charge in [0.2, 0.25) is 0 Å². The third-order valence-electron chi connectivity index (χ3n) is 4.76. The zero-order chi connectivity index (χ0) is 17.0. The topological polar surface area (TPSA) is 34.2 Å². The van der Waals surface area contributed by atoms with Crippen molar-refractivity contribution in [2.24, 2.45) is 0 Å². The molecule has 1 N–H and O–H groups in total. The van der Waals surface area contributed by atoms with Crippen molar-refractivity contribution in [1.82, 2.24) is 4.98 Å². The van der Waals surface area contributed by atoms with Crippen molar-refractivity contribution in [3.05, 3.63) is 41.0 Å². The number of rotatable bonds is 2. The van der Waals surface area contributed by atoms with E-state index in [-0.39, 0.29) is 5.82 Å². The van der Waals surface area contributed by atoms with E-state index < -0.39 is 24.0 Å². The second-order valence-electron chi connectivity index (χ2n) is 6.97. The lowest BCUT2D eigenvalue weighted by atomic mass is 9.86. The molecule has 2 aromatic rings. The lowest BCUT2D eigenvalue weighted by Crippen LogP contribution is -2.41. The Labute approximate surface area is 134 Å². The van der Waals surface area contributed by atoms with E-state index in [0.29, 0.717) is 10.9 Å². The van der Waals surface area contributed by atoms with Crippen LogP contribution < -0.4 is 0 Å². The molecule has 0 radical (unpaired) electrons. The van der Waals surface area contributed by atoms with Gasteiger partial charge in [-0.2, -0.15) is 0 Å². The van der Waals surface area contributed by atoms with E-state index in [4.69, 9.17) is 9.31 Å². The summed E-state index contributed by atoms with van der Waals surface area (Å²) < 4.78 is 39.6. The van der Waals surface area contributed by atoms with E-state index in [9.17, 15) is 8.78 Å². The van der Waals surface area contributed by atoms with E-state index in [1.54, 1.807) is 6.07 Å². The third kappa shape index (κ3) is 2.70. The molecule has 1 fully saturated rings. The number of nitrogens with one attached hydrogen (secondary N) is 1. The molecule has 1 aromatic heterocycles. The Balaban J connectivity index is 1.99. The number of halogens is 2. The molecule has 3 rings (SSSR count). The van der Waals surface area contributed by atoms with E-state index in [2.05, 4.69) is 4.98 Å². The molecule has 3 nitrogen and oxygen atoms in total. The predicted molar refractivity (Wildman–Crippen MR) is 88.2 cm³/mol. The first-order valence-electron chi connectivity index (χ1n) is 7.61. The molecule has 6 heteroatoms. The molecular formula is C17H20BF2NO2. The second-order valence-corrected chi connectivity index (χ2v) is 6.97. The van der Waals surface area contributed by atoms with Crippen molar-refractivity contribution in [3.8, 4) is 0 Å². The van der Waals surface area contributed by atoms with Gasteiger partial charge in [-0.1, -0.05) is 0 Å². The third-order valence-corrected chi connectivity index (χ3v) is 4.76. The van der Waals surface area contributed by atoms with Crippen LogP contribution in [0.5, 0.6) is 0 Å². The maximum Gasteiger partial charge on any atom is 0.525 e. The molecule has 122 valence electrons. The molecule has 0 aliphatic carbocycles. The van der Waals surface area contributed by atoms with Crippen LogP contribution in [0, 0.1) is 12.7 Å². The van der Waals surface area contributed by atoms with Gasteiger partial charge in [-0.15, -0.1) is 0 Å². The van der Waals surface area contributed by atoms with E-state index in [0.717, 1.165) is 11.2 Å². The summed E-state index contributed by atoms with van der Waals surface area (Å²) in [7, 11) is -1.06. The van der Waals surface area contributed by atoms with Crippen LogP contribution in [0.1, 0.15) is 39.0 Å². The number of H-pyrrole nitrogens is 1. The molecule has 1 aliphatic rings. The Bertz CT molecular complexity index is 779. The van der Waals surface area contributed by atoms with Gasteiger partial charge in [0.15, 0.2) is 0 Å². The Kier molecular flexibility index (Phi) is 3.65. The molecule has 1 aliphatic heterocycles. The summed E-state index contributed by atoms with van der Waals surface area (Å²) in [5.41, 5.74) is 0.381. The number of aromatic amines is 1. The second kappa shape index (κ2) is 5.18. The minimum Gasteiger partial charge on any atom is -0.398 e. The van der Waals surface area contributed by atoms with Crippen LogP contribution in [0.4, 0.5) is 8.78 Å². The summed E-state index contributed by atoms with van der Waals surface area (Å²) in [6.45, 7) is 9.29. The lowest BCUT2D eigenvalue weighted by molar-refractivity contribution is 0.00578. The van der Waals surface area contributed by atoms with Crippen LogP contribution in [0.3, 0.4) is 0 Å². The quantitative estimate of drug-likeness (QED) is 0.824. The first-order chi connectivity index (χ1) is 10.6. The molecule has 0 saturated carbocycles. The van der Waals surface area contributed by atoms with Crippen molar-refractivity contribution >= 4 is 24.1 Å². The van der Waals surface area contributed by atoms with Gasteiger partial charge in [0.25, 0.3) is 0 Å². The zero-order valence-corrected chi connectivity index (χ0v) is 14.0. The van der Waals surface area contributed by atoms with Crippen LogP contribution >= 0.6 is 0 Å². The van der Waals surface area contributed by atoms with Crippen LogP contribution in [0.2, 0.25) is 0 Å². The summed E-state index contributed by atoms with van der Waals surface area (Å²) in [6.07, 6.45) is 1.36. The minimum atomic E-state index is -1.06. The smallest absolute Gasteiger partial charge is 0.398 e. The van der Waals surface area contributed by atoms with E-state index >= 15 is 0 Å². The largest absolute Gasteiger partial charge is 0.525 e. The number of hydrogen-bond acceptors (Lipinski definition) is 2. The molecule has 0 amide bonds. The van der Waals surface area contributed by atoms with Gasteiger partial charge >= 0.3 is 7.12 Å². The monoisotopic (exact) mass is 319 g/mol. The standard InChI is InChI=1S/C17H20BF2NO2/c1-10-12(13-8-11(19)6-7-14(13)21-10)9-15(20)18-22-16(2,3)17(4,5)23-18/h6-9,21H,1-5H3. The fourth-order valence-corrected chi connectivity index (χ4v) is 2.67. The molecular weight excluding hydrogens is 299 g/mol. The van der Waals surface area contributed by atoms with Crippen LogP contribution in [-0.4, -0.2) is 23.3 Å². The Morgan fingerprint density at radius 2 is 1.78 bits per heavy atom. The molecule has 0 bridgehead atoms. The highest BCUT2D eigenvalue weighted by molar-refractivity contribution is 6.54. The predicted octanol–water partition coefficient (Wildman–Crippen LogP) is 4.56. The van der Waals surface area contributed by atoms with Gasteiger partial charge in [0.05, 0.1) is 11.2 Å². The van der Waals surface area contributed by atoms with Gasteiger partial charge < -0.3 is 14.3 Å². The van der Waals surface area contributed by atoms with Crippen molar-refractivity contribution in [1.29, 1.82) is 0 Å². The van der Waals surface area contributed by atoms with Crippen LogP contribution in [-0.2, 0) is 9.31 Å². The fourth-order valence-electron chi connectivity index (χ4n) is 2.67. The zero-order valence-electron chi connectivity index (χ0n) is 14.0. The maximum absolute atomic E-state index is 14.7. The highest BCUT2D eigenvalue weighted by Gasteiger charge is 2.53. The summed E-state index contributed by atoms with van der Waals surface area (Å²) >= 11 is 0. The Hall–Kier alpha value is -1.66. The summed E-state index contributed by atoms with van der Waals surface area (Å²) in [5, 5.41) is 0.633. The number of hydrogen-bond donors (Lipinski definition) is 1. The first kappa shape index (κ1) is 16.2. The average molecular weight is 319 g/mol. The number of aryl methyl sites for hydroxylation is 1. The summed E-state index contributed by atoms with van der Waals surface area (Å²) in [4.78, 5) is 3.12. The minimum absolute atomic E-state index is 0.359. The van der Waals surface area contributed by atoms with Gasteiger partial charge in [-0.3, -0.25) is 0 Å². The molecule has 0 atom stereocenters. The molecule has 1 aromatic carbocycles. The first-order valence-corrected chi connectivity index (χ1v) is 7.61. The maximum atomic E-state index is 14.7. The van der Waals surface area contributed by atoms with Crippen molar-refractivity contribution < 1.29 is 18.1 Å². The SMILES string of the molecule is Cc1[nH]c2ccc(F)cc2c1C=C(F)B1OC(C)(C)C(C)(C)O1. The molecule has 0 spiro atoms. The normalized spacial score (nSPS) is 20.5. The van der Waals surface area contributed by atoms with Gasteiger partial charge in [0.1, 0.15) is 11.5 Å². The Morgan fingerprint density at radius 3 is 2.39 bits per heavy atom. The average Bonchev–Trinajstić information content (AvgIpc) is 2.84. The molecule has 1 saturated heterocycles. The fraction of sp³-hybridized carbons (Fsp3) is 0.412. The molecule has 2 heterocycles. The molecule has 0 unspecified atom stereocenters. The number of aromatic nitrogens is 1. The van der Waals surface area contributed by atoms with Crippen LogP contribution in [0.25, 0.3) is 17.0 Å². The van der Waals surface area contributed by atoms with Gasteiger partial charge in [0, 0.05) is 22.2 Å². The number of fused-ring (bicyclic) bond motifs is 1. The summed E-state index contributed by atoms with van der Waals surface area (Å²) in [5.74, 6) is -0.359. The van der Waals surface area contributed by atoms with Gasteiger partial charge in [-0.05, 0) is 58.9 Å². The Morgan fingerprint density at radius 1 is 1.17 bits per heavy atom. The highest BCUT2D eigenvalue weighted by atomic mass is 19.1. The lowest BCUT2D eigenvalue weighted by Gasteiger charge is -2.32. The number of benzene rings is 1. The van der Waals surface area contributed by atoms with E-state index in [1.807, 2.05) is 34.6 Å². The van der Waals surface area contributed by atoms with Crippen LogP contribution in [0.15, 0.2) is 23.9 Å². The van der Waals surface area contributed by atoms with Crippen molar-refractivity contribution in [3.63, 3.8) is 0 Å². The molecule has 23 heavy (non-hydrogen) atoms. The van der Waals surface area contributed by atoms with E-state index in [1.165, 1.54) is 18.2 Å².